The Hall–Kier alpha value is -0.820. The smallest absolute Gasteiger partial charge is 0.368 e. The molecule has 0 aromatic heterocycles. The Kier molecular flexibility index (Phi) is 6.28. The number of hydrogen-bond donors (Lipinski definition) is 2. The summed E-state index contributed by atoms with van der Waals surface area (Å²) in [6.07, 6.45) is -6.97. The summed E-state index contributed by atoms with van der Waals surface area (Å²) >= 11 is 0. The van der Waals surface area contributed by atoms with Crippen LogP contribution in [0.25, 0.3) is 0 Å². The van der Waals surface area contributed by atoms with Crippen molar-refractivity contribution >= 4 is 5.91 Å². The van der Waals surface area contributed by atoms with Gasteiger partial charge in [-0.25, -0.2) is 0 Å². The molecule has 0 saturated carbocycles. The number of nitrogens with one attached hydrogen (secondary N) is 1. The van der Waals surface area contributed by atoms with Crippen LogP contribution in [0.4, 0.5) is 13.2 Å². The maximum absolute atomic E-state index is 12.4. The van der Waals surface area contributed by atoms with E-state index in [1.807, 2.05) is 13.8 Å². The van der Waals surface area contributed by atoms with Gasteiger partial charge in [0.2, 0.25) is 5.91 Å². The minimum atomic E-state index is -4.41. The van der Waals surface area contributed by atoms with E-state index in [-0.39, 0.29) is 12.5 Å². The average molecular weight is 284 g/mol. The maximum atomic E-state index is 12.4. The van der Waals surface area contributed by atoms with E-state index < -0.39 is 29.8 Å². The van der Waals surface area contributed by atoms with Crippen LogP contribution in [0.5, 0.6) is 0 Å². The Balaban J connectivity index is 4.65. The van der Waals surface area contributed by atoms with E-state index in [4.69, 9.17) is 10.5 Å². The first-order chi connectivity index (χ1) is 8.38. The SMILES string of the molecule is CC(C)NC(C)(CC(C)OC(C)C(F)(F)F)C(N)=O. The van der Waals surface area contributed by atoms with Gasteiger partial charge < -0.3 is 15.8 Å². The van der Waals surface area contributed by atoms with E-state index in [2.05, 4.69) is 5.32 Å². The number of halogens is 3. The lowest BCUT2D eigenvalue weighted by Crippen LogP contribution is -2.57. The summed E-state index contributed by atoms with van der Waals surface area (Å²) in [6, 6.07) is -0.0234. The van der Waals surface area contributed by atoms with Crippen LogP contribution < -0.4 is 11.1 Å². The Labute approximate surface area is 111 Å². The van der Waals surface area contributed by atoms with Crippen LogP contribution in [0.1, 0.15) is 41.0 Å². The van der Waals surface area contributed by atoms with Crippen molar-refractivity contribution in [2.45, 2.75) is 71.0 Å². The van der Waals surface area contributed by atoms with Crippen LogP contribution in [-0.4, -0.2) is 35.9 Å². The van der Waals surface area contributed by atoms with Crippen molar-refractivity contribution in [1.82, 2.24) is 5.32 Å². The summed E-state index contributed by atoms with van der Waals surface area (Å²) in [5, 5.41) is 2.96. The standard InChI is InChI=1S/C12H23F3N2O2/c1-7(2)17-11(5,10(16)18)6-8(3)19-9(4)12(13,14)15/h7-9,17H,6H2,1-5H3,(H2,16,18). The van der Waals surface area contributed by atoms with Gasteiger partial charge in [0.05, 0.1) is 11.6 Å². The van der Waals surface area contributed by atoms with Gasteiger partial charge in [-0.3, -0.25) is 4.79 Å². The highest BCUT2D eigenvalue weighted by atomic mass is 19.4. The summed E-state index contributed by atoms with van der Waals surface area (Å²) in [5.74, 6) is -0.615. The average Bonchev–Trinajstić information content (AvgIpc) is 2.13. The van der Waals surface area contributed by atoms with E-state index in [0.29, 0.717) is 0 Å². The molecule has 3 atom stereocenters. The third-order valence-corrected chi connectivity index (χ3v) is 2.74. The molecule has 0 fully saturated rings. The zero-order valence-electron chi connectivity index (χ0n) is 12.0. The quantitative estimate of drug-likeness (QED) is 0.751. The number of amides is 1. The molecule has 0 aromatic rings. The lowest BCUT2D eigenvalue weighted by molar-refractivity contribution is -0.226. The fourth-order valence-electron chi connectivity index (χ4n) is 1.92. The van der Waals surface area contributed by atoms with Gasteiger partial charge in [-0.05, 0) is 34.6 Å². The van der Waals surface area contributed by atoms with Crippen molar-refractivity contribution in [2.24, 2.45) is 5.73 Å². The number of carbonyl (C=O) groups is 1. The molecule has 19 heavy (non-hydrogen) atoms. The Morgan fingerprint density at radius 1 is 1.26 bits per heavy atom. The zero-order valence-corrected chi connectivity index (χ0v) is 12.0. The molecule has 114 valence electrons. The van der Waals surface area contributed by atoms with Gasteiger partial charge in [0.1, 0.15) is 0 Å². The van der Waals surface area contributed by atoms with Crippen molar-refractivity contribution in [2.75, 3.05) is 0 Å². The highest BCUT2D eigenvalue weighted by molar-refractivity contribution is 5.84. The number of primary amides is 1. The minimum Gasteiger partial charge on any atom is -0.368 e. The molecule has 0 radical (unpaired) electrons. The molecule has 3 N–H and O–H groups in total. The third kappa shape index (κ3) is 6.24. The van der Waals surface area contributed by atoms with E-state index in [0.717, 1.165) is 6.92 Å². The van der Waals surface area contributed by atoms with Crippen LogP contribution in [-0.2, 0) is 9.53 Å². The molecule has 0 rings (SSSR count). The second-order valence-electron chi connectivity index (χ2n) is 5.33. The number of carbonyl (C=O) groups excluding carboxylic acids is 1. The topological polar surface area (TPSA) is 64.3 Å². The van der Waals surface area contributed by atoms with Crippen LogP contribution in [0.3, 0.4) is 0 Å². The molecule has 0 aliphatic carbocycles. The number of ether oxygens (including phenoxy) is 1. The third-order valence-electron chi connectivity index (χ3n) is 2.74. The van der Waals surface area contributed by atoms with E-state index in [1.54, 1.807) is 6.92 Å². The second kappa shape index (κ2) is 6.56. The largest absolute Gasteiger partial charge is 0.414 e. The van der Waals surface area contributed by atoms with Gasteiger partial charge >= 0.3 is 6.18 Å². The predicted octanol–water partition coefficient (Wildman–Crippen LogP) is 1.97. The minimum absolute atomic E-state index is 0.0234. The molecule has 4 nitrogen and oxygen atoms in total. The van der Waals surface area contributed by atoms with Crippen molar-refractivity contribution < 1.29 is 22.7 Å². The van der Waals surface area contributed by atoms with Crippen molar-refractivity contribution in [3.63, 3.8) is 0 Å². The fraction of sp³-hybridized carbons (Fsp3) is 0.917. The normalized spacial score (nSPS) is 19.0. The summed E-state index contributed by atoms with van der Waals surface area (Å²) in [6.45, 7) is 7.64. The van der Waals surface area contributed by atoms with Crippen LogP contribution in [0.2, 0.25) is 0 Å². The molecule has 0 heterocycles. The molecule has 0 spiro atoms. The molecule has 0 saturated heterocycles. The van der Waals surface area contributed by atoms with Crippen LogP contribution in [0.15, 0.2) is 0 Å². The second-order valence-corrected chi connectivity index (χ2v) is 5.33. The molecule has 0 aliphatic heterocycles. The van der Waals surface area contributed by atoms with Crippen LogP contribution >= 0.6 is 0 Å². The van der Waals surface area contributed by atoms with E-state index in [9.17, 15) is 18.0 Å². The molecule has 1 amide bonds. The molecule has 0 aromatic carbocycles. The summed E-state index contributed by atoms with van der Waals surface area (Å²) < 4.78 is 42.0. The summed E-state index contributed by atoms with van der Waals surface area (Å²) in [7, 11) is 0. The molecule has 3 unspecified atom stereocenters. The Morgan fingerprint density at radius 3 is 2.05 bits per heavy atom. The van der Waals surface area contributed by atoms with Gasteiger partial charge in [-0.15, -0.1) is 0 Å². The number of hydrogen-bond acceptors (Lipinski definition) is 3. The fourth-order valence-corrected chi connectivity index (χ4v) is 1.92. The Bertz CT molecular complexity index is 308. The first-order valence-electron chi connectivity index (χ1n) is 6.18. The monoisotopic (exact) mass is 284 g/mol. The number of nitrogens with two attached hydrogens (primary N) is 1. The number of alkyl halides is 3. The van der Waals surface area contributed by atoms with Gasteiger partial charge in [-0.2, -0.15) is 13.2 Å². The summed E-state index contributed by atoms with van der Waals surface area (Å²) in [5.41, 5.74) is 4.21. The van der Waals surface area contributed by atoms with Crippen molar-refractivity contribution in [1.29, 1.82) is 0 Å². The molecular weight excluding hydrogens is 261 g/mol. The molecular formula is C12H23F3N2O2. The first-order valence-corrected chi connectivity index (χ1v) is 6.18. The highest BCUT2D eigenvalue weighted by Gasteiger charge is 2.40. The van der Waals surface area contributed by atoms with Crippen molar-refractivity contribution in [3.05, 3.63) is 0 Å². The van der Waals surface area contributed by atoms with Crippen molar-refractivity contribution in [3.8, 4) is 0 Å². The van der Waals surface area contributed by atoms with Gasteiger partial charge in [0.25, 0.3) is 0 Å². The first kappa shape index (κ1) is 18.2. The van der Waals surface area contributed by atoms with Gasteiger partial charge in [-0.1, -0.05) is 0 Å². The molecule has 0 aliphatic rings. The predicted molar refractivity (Wildman–Crippen MR) is 66.6 cm³/mol. The molecule has 7 heteroatoms. The lowest BCUT2D eigenvalue weighted by Gasteiger charge is -2.33. The summed E-state index contributed by atoms with van der Waals surface area (Å²) in [4.78, 5) is 11.5. The van der Waals surface area contributed by atoms with Gasteiger partial charge in [0.15, 0.2) is 6.10 Å². The van der Waals surface area contributed by atoms with E-state index >= 15 is 0 Å². The number of rotatable bonds is 7. The van der Waals surface area contributed by atoms with Gasteiger partial charge in [0, 0.05) is 12.5 Å². The molecule has 0 bridgehead atoms. The highest BCUT2D eigenvalue weighted by Crippen LogP contribution is 2.25. The van der Waals surface area contributed by atoms with Crippen LogP contribution in [0, 0.1) is 0 Å². The maximum Gasteiger partial charge on any atom is 0.414 e. The Morgan fingerprint density at radius 2 is 1.74 bits per heavy atom. The van der Waals surface area contributed by atoms with E-state index in [1.165, 1.54) is 6.92 Å². The lowest BCUT2D eigenvalue weighted by atomic mass is 9.93. The zero-order chi connectivity index (χ0) is 15.4.